The minimum Gasteiger partial charge on any atom is -0.307 e. The van der Waals surface area contributed by atoms with Crippen molar-refractivity contribution in [2.75, 3.05) is 10.6 Å². The first-order chi connectivity index (χ1) is 14.7. The molecule has 2 amide bonds. The second kappa shape index (κ2) is 7.40. The van der Waals surface area contributed by atoms with E-state index in [2.05, 4.69) is 25.7 Å². The number of rotatable bonds is 5. The van der Waals surface area contributed by atoms with Gasteiger partial charge in [0.1, 0.15) is 5.82 Å². The van der Waals surface area contributed by atoms with Crippen LogP contribution in [0.1, 0.15) is 23.2 Å². The molecule has 0 bridgehead atoms. The molecule has 0 radical (unpaired) electrons. The number of amides is 2. The number of aromatic nitrogens is 4. The van der Waals surface area contributed by atoms with E-state index in [1.165, 1.54) is 0 Å². The highest BCUT2D eigenvalue weighted by Gasteiger charge is 2.30. The van der Waals surface area contributed by atoms with E-state index in [0.717, 1.165) is 24.1 Å². The lowest BCUT2D eigenvalue weighted by molar-refractivity contribution is -0.117. The van der Waals surface area contributed by atoms with Gasteiger partial charge in [-0.2, -0.15) is 4.98 Å². The predicted molar refractivity (Wildman–Crippen MR) is 112 cm³/mol. The average Bonchev–Trinajstić information content (AvgIpc) is 3.55. The van der Waals surface area contributed by atoms with Crippen LogP contribution in [0.2, 0.25) is 0 Å². The van der Waals surface area contributed by atoms with Crippen molar-refractivity contribution in [3.8, 4) is 11.3 Å². The van der Waals surface area contributed by atoms with Crippen molar-refractivity contribution in [3.05, 3.63) is 72.4 Å². The molecule has 30 heavy (non-hydrogen) atoms. The third-order valence-corrected chi connectivity index (χ3v) is 4.88. The molecule has 5 rings (SSSR count). The molecule has 8 heteroatoms. The normalized spacial score (nSPS) is 13.2. The Kier molecular flexibility index (Phi) is 4.44. The number of fused-ring (bicyclic) bond motifs is 1. The van der Waals surface area contributed by atoms with Crippen LogP contribution >= 0.6 is 0 Å². The van der Waals surface area contributed by atoms with Gasteiger partial charge in [-0.25, -0.2) is 9.50 Å². The first-order valence-corrected chi connectivity index (χ1v) is 9.67. The van der Waals surface area contributed by atoms with Crippen LogP contribution in [-0.2, 0) is 4.79 Å². The number of benzene rings is 1. The van der Waals surface area contributed by atoms with Crippen LogP contribution in [0.5, 0.6) is 0 Å². The fraction of sp³-hybridized carbons (Fsp3) is 0.136. The fourth-order valence-corrected chi connectivity index (χ4v) is 3.13. The number of hydrogen-bond acceptors (Lipinski definition) is 5. The Morgan fingerprint density at radius 3 is 2.50 bits per heavy atom. The topological polar surface area (TPSA) is 101 Å². The number of nitrogens with one attached hydrogen (secondary N) is 2. The van der Waals surface area contributed by atoms with Crippen molar-refractivity contribution in [1.82, 2.24) is 19.6 Å². The predicted octanol–water partition coefficient (Wildman–Crippen LogP) is 3.39. The fourth-order valence-electron chi connectivity index (χ4n) is 3.13. The van der Waals surface area contributed by atoms with Gasteiger partial charge in [0, 0.05) is 23.2 Å². The van der Waals surface area contributed by atoms with Gasteiger partial charge >= 0.3 is 0 Å². The van der Waals surface area contributed by atoms with Crippen LogP contribution in [0, 0.1) is 5.92 Å². The van der Waals surface area contributed by atoms with Crippen molar-refractivity contribution in [2.45, 2.75) is 12.8 Å². The van der Waals surface area contributed by atoms with Crippen molar-refractivity contribution in [1.29, 1.82) is 0 Å². The summed E-state index contributed by atoms with van der Waals surface area (Å²) >= 11 is 0. The van der Waals surface area contributed by atoms with Gasteiger partial charge in [-0.3, -0.25) is 14.9 Å². The molecule has 0 aliphatic heterocycles. The molecule has 148 valence electrons. The lowest BCUT2D eigenvalue weighted by Gasteiger charge is -2.07. The molecule has 8 nitrogen and oxygen atoms in total. The maximum absolute atomic E-state index is 12.3. The van der Waals surface area contributed by atoms with Crippen LogP contribution < -0.4 is 10.6 Å². The minimum absolute atomic E-state index is 0.0346. The van der Waals surface area contributed by atoms with Gasteiger partial charge in [0.05, 0.1) is 5.69 Å². The molecular weight excluding hydrogens is 380 g/mol. The number of carbonyl (C=O) groups excluding carboxylic acids is 2. The molecule has 1 aliphatic rings. The zero-order chi connectivity index (χ0) is 20.5. The van der Waals surface area contributed by atoms with E-state index in [-0.39, 0.29) is 17.7 Å². The Morgan fingerprint density at radius 1 is 0.933 bits per heavy atom. The Hall–Kier alpha value is -4.07. The maximum Gasteiger partial charge on any atom is 0.256 e. The third kappa shape index (κ3) is 3.62. The van der Waals surface area contributed by atoms with E-state index < -0.39 is 0 Å². The summed E-state index contributed by atoms with van der Waals surface area (Å²) in [5, 5.41) is 9.98. The highest BCUT2D eigenvalue weighted by Crippen LogP contribution is 2.30. The number of pyridine rings is 2. The lowest BCUT2D eigenvalue weighted by Crippen LogP contribution is -2.14. The maximum atomic E-state index is 12.3. The van der Waals surface area contributed by atoms with E-state index in [1.54, 1.807) is 28.9 Å². The Labute approximate surface area is 172 Å². The summed E-state index contributed by atoms with van der Waals surface area (Å²) in [6.07, 6.45) is 3.51. The van der Waals surface area contributed by atoms with Gasteiger partial charge in [0.2, 0.25) is 11.9 Å². The van der Waals surface area contributed by atoms with Crippen molar-refractivity contribution < 1.29 is 9.59 Å². The number of carbonyl (C=O) groups is 2. The second-order valence-electron chi connectivity index (χ2n) is 7.13. The monoisotopic (exact) mass is 398 g/mol. The van der Waals surface area contributed by atoms with Crippen LogP contribution in [-0.4, -0.2) is 31.4 Å². The molecule has 1 aromatic carbocycles. The second-order valence-corrected chi connectivity index (χ2v) is 7.13. The number of hydrogen-bond donors (Lipinski definition) is 2. The van der Waals surface area contributed by atoms with Gasteiger partial charge in [-0.15, -0.1) is 5.10 Å². The molecule has 1 saturated carbocycles. The Balaban J connectivity index is 1.37. The highest BCUT2D eigenvalue weighted by molar-refractivity contribution is 6.03. The summed E-state index contributed by atoms with van der Waals surface area (Å²) in [5.74, 6) is 0.576. The van der Waals surface area contributed by atoms with Gasteiger partial charge in [-0.05, 0) is 49.2 Å². The van der Waals surface area contributed by atoms with Gasteiger partial charge in [0.25, 0.3) is 5.91 Å². The molecule has 0 spiro atoms. The average molecular weight is 398 g/mol. The zero-order valence-corrected chi connectivity index (χ0v) is 15.9. The molecule has 3 aromatic heterocycles. The quantitative estimate of drug-likeness (QED) is 0.537. The molecule has 0 unspecified atom stereocenters. The summed E-state index contributed by atoms with van der Waals surface area (Å²) in [5.41, 5.74) is 2.78. The van der Waals surface area contributed by atoms with Crippen molar-refractivity contribution >= 4 is 29.2 Å². The first-order valence-electron chi connectivity index (χ1n) is 9.67. The smallest absolute Gasteiger partial charge is 0.256 e. The summed E-state index contributed by atoms with van der Waals surface area (Å²) in [6.45, 7) is 0. The number of anilines is 2. The third-order valence-electron chi connectivity index (χ3n) is 4.88. The van der Waals surface area contributed by atoms with Gasteiger partial charge in [0.15, 0.2) is 5.65 Å². The molecule has 2 N–H and O–H groups in total. The molecule has 3 heterocycles. The number of nitrogens with zero attached hydrogens (tertiary/aromatic N) is 4. The zero-order valence-electron chi connectivity index (χ0n) is 15.9. The highest BCUT2D eigenvalue weighted by atomic mass is 16.2. The van der Waals surface area contributed by atoms with Crippen molar-refractivity contribution in [3.63, 3.8) is 0 Å². The largest absolute Gasteiger partial charge is 0.307 e. The van der Waals surface area contributed by atoms with Crippen LogP contribution in [0.15, 0.2) is 66.9 Å². The van der Waals surface area contributed by atoms with E-state index in [0.29, 0.717) is 23.0 Å². The van der Waals surface area contributed by atoms with Gasteiger partial charge in [-0.1, -0.05) is 24.3 Å². The van der Waals surface area contributed by atoms with E-state index >= 15 is 0 Å². The first kappa shape index (κ1) is 18.0. The molecule has 4 aromatic rings. The summed E-state index contributed by atoms with van der Waals surface area (Å²) in [7, 11) is 0. The Bertz CT molecular complexity index is 1230. The van der Waals surface area contributed by atoms with Crippen LogP contribution in [0.4, 0.5) is 11.8 Å². The van der Waals surface area contributed by atoms with Crippen LogP contribution in [0.3, 0.4) is 0 Å². The van der Waals surface area contributed by atoms with E-state index in [1.807, 2.05) is 42.5 Å². The van der Waals surface area contributed by atoms with E-state index in [4.69, 9.17) is 0 Å². The Morgan fingerprint density at radius 2 is 1.77 bits per heavy atom. The molecular formula is C22H18N6O2. The van der Waals surface area contributed by atoms with E-state index in [9.17, 15) is 9.59 Å². The van der Waals surface area contributed by atoms with Crippen LogP contribution in [0.25, 0.3) is 16.9 Å². The molecule has 1 fully saturated rings. The summed E-state index contributed by atoms with van der Waals surface area (Å²) in [4.78, 5) is 33.0. The lowest BCUT2D eigenvalue weighted by atomic mass is 10.2. The van der Waals surface area contributed by atoms with Crippen molar-refractivity contribution in [2.24, 2.45) is 5.92 Å². The molecule has 0 saturated heterocycles. The minimum atomic E-state index is -0.217. The molecule has 1 aliphatic carbocycles. The summed E-state index contributed by atoms with van der Waals surface area (Å²) < 4.78 is 1.67. The molecule has 0 atom stereocenters. The van der Waals surface area contributed by atoms with Gasteiger partial charge < -0.3 is 5.32 Å². The summed E-state index contributed by atoms with van der Waals surface area (Å²) in [6, 6.07) is 18.2. The standard InChI is InChI=1S/C22H18N6O2/c29-20(14-5-2-1-3-6-14)24-18-12-11-16(13-23-18)17-7-4-8-19-25-22(27-28(17)19)26-21(30)15-9-10-15/h1-8,11-13,15H,9-10H2,(H,23,24,29)(H,26,27,30). The SMILES string of the molecule is O=C(Nc1ccc(-c2cccc3nc(NC(=O)C4CC4)nn23)cn1)c1ccccc1.